The molecule has 0 saturated carbocycles. The quantitative estimate of drug-likeness (QED) is 0.602. The molecular formula is C21H25N3O3. The van der Waals surface area contributed by atoms with Gasteiger partial charge in [-0.2, -0.15) is 0 Å². The van der Waals surface area contributed by atoms with Crippen LogP contribution in [-0.4, -0.2) is 59.1 Å². The summed E-state index contributed by atoms with van der Waals surface area (Å²) in [5, 5.41) is 21.1. The fraction of sp³-hybridized carbons (Fsp3) is 0.333. The Hall–Kier alpha value is -2.54. The van der Waals surface area contributed by atoms with Crippen LogP contribution in [0.1, 0.15) is 17.2 Å². The molecule has 0 spiro atoms. The van der Waals surface area contributed by atoms with Crippen molar-refractivity contribution in [3.05, 3.63) is 81.9 Å². The number of hydrogen-bond donors (Lipinski definition) is 1. The lowest BCUT2D eigenvalue weighted by Gasteiger charge is -2.35. The van der Waals surface area contributed by atoms with E-state index in [1.807, 2.05) is 18.2 Å². The molecule has 6 nitrogen and oxygen atoms in total. The van der Waals surface area contributed by atoms with Crippen molar-refractivity contribution >= 4 is 11.8 Å². The molecule has 0 bridgehead atoms. The van der Waals surface area contributed by atoms with E-state index in [2.05, 4.69) is 34.1 Å². The summed E-state index contributed by atoms with van der Waals surface area (Å²) in [6.45, 7) is 5.21. The number of benzene rings is 2. The van der Waals surface area contributed by atoms with Gasteiger partial charge in [0.2, 0.25) is 0 Å². The van der Waals surface area contributed by atoms with Gasteiger partial charge in [-0.1, -0.05) is 42.5 Å². The highest BCUT2D eigenvalue weighted by molar-refractivity contribution is 5.48. The minimum Gasteiger partial charge on any atom is -0.387 e. The molecule has 1 aliphatic rings. The van der Waals surface area contributed by atoms with Crippen LogP contribution in [0.2, 0.25) is 0 Å². The van der Waals surface area contributed by atoms with E-state index in [9.17, 15) is 15.2 Å². The molecule has 0 radical (unpaired) electrons. The molecule has 1 fully saturated rings. The lowest BCUT2D eigenvalue weighted by atomic mass is 10.1. The van der Waals surface area contributed by atoms with E-state index in [0.29, 0.717) is 12.1 Å². The van der Waals surface area contributed by atoms with E-state index in [-0.39, 0.29) is 5.69 Å². The number of non-ortho nitro benzene ring substituents is 1. The average molecular weight is 367 g/mol. The summed E-state index contributed by atoms with van der Waals surface area (Å²) >= 11 is 0. The highest BCUT2D eigenvalue weighted by Gasteiger charge is 2.19. The Morgan fingerprint density at radius 2 is 1.63 bits per heavy atom. The van der Waals surface area contributed by atoms with Crippen molar-refractivity contribution in [1.29, 1.82) is 0 Å². The van der Waals surface area contributed by atoms with Gasteiger partial charge in [0.1, 0.15) is 0 Å². The molecule has 0 aliphatic carbocycles. The zero-order chi connectivity index (χ0) is 19.1. The molecule has 142 valence electrons. The number of aliphatic hydroxyl groups is 1. The van der Waals surface area contributed by atoms with Crippen LogP contribution in [0.5, 0.6) is 0 Å². The molecule has 2 aromatic carbocycles. The molecule has 1 N–H and O–H groups in total. The number of nitrogens with zero attached hydrogens (tertiary/aromatic N) is 3. The third-order valence-corrected chi connectivity index (χ3v) is 4.86. The Bertz CT molecular complexity index is 754. The highest BCUT2D eigenvalue weighted by atomic mass is 16.6. The summed E-state index contributed by atoms with van der Waals surface area (Å²) in [6.07, 6.45) is 3.71. The summed E-state index contributed by atoms with van der Waals surface area (Å²) in [7, 11) is 0. The topological polar surface area (TPSA) is 69.8 Å². The maximum absolute atomic E-state index is 10.7. The molecule has 1 saturated heterocycles. The van der Waals surface area contributed by atoms with Gasteiger partial charge >= 0.3 is 0 Å². The number of nitro groups is 1. The van der Waals surface area contributed by atoms with Crippen LogP contribution in [0.25, 0.3) is 6.08 Å². The predicted octanol–water partition coefficient (Wildman–Crippen LogP) is 2.96. The van der Waals surface area contributed by atoms with E-state index in [0.717, 1.165) is 32.7 Å². The maximum Gasteiger partial charge on any atom is 0.269 e. The van der Waals surface area contributed by atoms with Crippen molar-refractivity contribution in [3.63, 3.8) is 0 Å². The first-order chi connectivity index (χ1) is 13.1. The Kier molecular flexibility index (Phi) is 6.70. The van der Waals surface area contributed by atoms with Gasteiger partial charge < -0.3 is 5.11 Å². The first-order valence-electron chi connectivity index (χ1n) is 9.20. The summed E-state index contributed by atoms with van der Waals surface area (Å²) in [4.78, 5) is 14.9. The van der Waals surface area contributed by atoms with Crippen molar-refractivity contribution < 1.29 is 10.0 Å². The zero-order valence-electron chi connectivity index (χ0n) is 15.3. The number of rotatable bonds is 7. The Labute approximate surface area is 159 Å². The molecule has 27 heavy (non-hydrogen) atoms. The predicted molar refractivity (Wildman–Crippen MR) is 106 cm³/mol. The maximum atomic E-state index is 10.7. The van der Waals surface area contributed by atoms with E-state index >= 15 is 0 Å². The molecule has 6 heteroatoms. The van der Waals surface area contributed by atoms with Crippen molar-refractivity contribution in [2.75, 3.05) is 39.3 Å². The number of aliphatic hydroxyl groups excluding tert-OH is 1. The molecule has 1 heterocycles. The Morgan fingerprint density at radius 3 is 2.26 bits per heavy atom. The Balaban J connectivity index is 1.42. The molecule has 0 aromatic heterocycles. The van der Waals surface area contributed by atoms with Crippen LogP contribution in [0.15, 0.2) is 60.7 Å². The minimum absolute atomic E-state index is 0.0446. The van der Waals surface area contributed by atoms with Crippen molar-refractivity contribution in [2.24, 2.45) is 0 Å². The van der Waals surface area contributed by atoms with E-state index < -0.39 is 11.0 Å². The van der Waals surface area contributed by atoms with Gasteiger partial charge in [-0.3, -0.25) is 19.9 Å². The van der Waals surface area contributed by atoms with Crippen molar-refractivity contribution in [2.45, 2.75) is 6.10 Å². The van der Waals surface area contributed by atoms with E-state index in [1.54, 1.807) is 12.1 Å². The average Bonchev–Trinajstić information content (AvgIpc) is 2.70. The summed E-state index contributed by atoms with van der Waals surface area (Å²) in [5.41, 5.74) is 1.97. The number of β-amino-alcohol motifs (C(OH)–C–C–N with tert-alkyl or cyclic N) is 1. The minimum atomic E-state index is -0.629. The lowest BCUT2D eigenvalue weighted by molar-refractivity contribution is -0.384. The van der Waals surface area contributed by atoms with Crippen molar-refractivity contribution in [1.82, 2.24) is 9.80 Å². The van der Waals surface area contributed by atoms with Gasteiger partial charge in [0.25, 0.3) is 5.69 Å². The second kappa shape index (κ2) is 9.41. The molecule has 2 aromatic rings. The second-order valence-corrected chi connectivity index (χ2v) is 6.78. The van der Waals surface area contributed by atoms with Gasteiger partial charge in [-0.05, 0) is 23.3 Å². The first kappa shape index (κ1) is 19.2. The summed E-state index contributed by atoms with van der Waals surface area (Å²) in [5.74, 6) is 0. The van der Waals surface area contributed by atoms with E-state index in [1.165, 1.54) is 17.7 Å². The number of piperazine rings is 1. The van der Waals surface area contributed by atoms with Crippen LogP contribution in [-0.2, 0) is 0 Å². The fourth-order valence-electron chi connectivity index (χ4n) is 3.22. The van der Waals surface area contributed by atoms with Crippen LogP contribution < -0.4 is 0 Å². The Morgan fingerprint density at radius 1 is 1.00 bits per heavy atom. The molecule has 0 unspecified atom stereocenters. The number of nitro benzene ring substituents is 1. The largest absolute Gasteiger partial charge is 0.387 e. The van der Waals surface area contributed by atoms with Crippen LogP contribution in [0, 0.1) is 10.1 Å². The van der Waals surface area contributed by atoms with Crippen molar-refractivity contribution in [3.8, 4) is 0 Å². The second-order valence-electron chi connectivity index (χ2n) is 6.78. The fourth-order valence-corrected chi connectivity index (χ4v) is 3.22. The third-order valence-electron chi connectivity index (χ3n) is 4.86. The molecule has 3 rings (SSSR count). The smallest absolute Gasteiger partial charge is 0.269 e. The molecule has 1 aliphatic heterocycles. The van der Waals surface area contributed by atoms with Crippen LogP contribution in [0.3, 0.4) is 0 Å². The summed E-state index contributed by atoms with van der Waals surface area (Å²) < 4.78 is 0. The van der Waals surface area contributed by atoms with Gasteiger partial charge in [-0.25, -0.2) is 0 Å². The standard InChI is InChI=1S/C21H25N3O3/c25-21(19-8-10-20(11-9-19)24(26)27)17-23-15-13-22(14-16-23)12-4-7-18-5-2-1-3-6-18/h1-11,21,25H,12-17H2/b7-4+/t21-/m0/s1. The van der Waals surface area contributed by atoms with Crippen LogP contribution >= 0.6 is 0 Å². The normalized spacial score (nSPS) is 17.2. The van der Waals surface area contributed by atoms with Gasteiger partial charge in [0, 0.05) is 51.4 Å². The highest BCUT2D eigenvalue weighted by Crippen LogP contribution is 2.19. The monoisotopic (exact) mass is 367 g/mol. The molecular weight excluding hydrogens is 342 g/mol. The van der Waals surface area contributed by atoms with Gasteiger partial charge in [0.15, 0.2) is 0 Å². The first-order valence-corrected chi connectivity index (χ1v) is 9.20. The van der Waals surface area contributed by atoms with Gasteiger partial charge in [0.05, 0.1) is 11.0 Å². The number of hydrogen-bond acceptors (Lipinski definition) is 5. The lowest BCUT2D eigenvalue weighted by Crippen LogP contribution is -2.47. The van der Waals surface area contributed by atoms with Gasteiger partial charge in [-0.15, -0.1) is 0 Å². The SMILES string of the molecule is O=[N+]([O-])c1ccc([C@@H](O)CN2CCN(C/C=C/c3ccccc3)CC2)cc1. The molecule has 1 atom stereocenters. The summed E-state index contributed by atoms with van der Waals surface area (Å²) in [6, 6.07) is 16.4. The zero-order valence-corrected chi connectivity index (χ0v) is 15.3. The third kappa shape index (κ3) is 5.72. The van der Waals surface area contributed by atoms with E-state index in [4.69, 9.17) is 0 Å². The molecule has 0 amide bonds. The van der Waals surface area contributed by atoms with Crippen LogP contribution in [0.4, 0.5) is 5.69 Å².